The first kappa shape index (κ1) is 17.8. The maximum absolute atomic E-state index is 12.8. The summed E-state index contributed by atoms with van der Waals surface area (Å²) in [6.45, 7) is 1.76. The monoisotopic (exact) mass is 373 g/mol. The van der Waals surface area contributed by atoms with Crippen molar-refractivity contribution in [2.45, 2.75) is 13.5 Å². The number of aromatic hydroxyl groups is 1. The lowest BCUT2D eigenvalue weighted by Crippen LogP contribution is -2.26. The van der Waals surface area contributed by atoms with Crippen LogP contribution in [0, 0.1) is 0 Å². The van der Waals surface area contributed by atoms with E-state index in [0.29, 0.717) is 22.3 Å². The van der Waals surface area contributed by atoms with E-state index in [2.05, 4.69) is 10.5 Å². The third-order valence-corrected chi connectivity index (χ3v) is 4.70. The molecule has 1 aliphatic rings. The Labute approximate surface area is 162 Å². The number of aliphatic hydroxyl groups excluding tert-OH is 1. The lowest BCUT2D eigenvalue weighted by atomic mass is 10.1. The number of hydrogen-bond acceptors (Lipinski definition) is 5. The summed E-state index contributed by atoms with van der Waals surface area (Å²) in [5.74, 6) is -0.173. The number of hydrogen-bond donors (Lipinski definition) is 3. The minimum Gasteiger partial charge on any atom is -0.505 e. The van der Waals surface area contributed by atoms with E-state index in [1.165, 1.54) is 4.90 Å². The highest BCUT2D eigenvalue weighted by Gasteiger charge is 2.28. The van der Waals surface area contributed by atoms with Gasteiger partial charge in [-0.25, -0.2) is 0 Å². The largest absolute Gasteiger partial charge is 0.505 e. The van der Waals surface area contributed by atoms with Crippen LogP contribution in [0.1, 0.15) is 12.5 Å². The first-order valence-corrected chi connectivity index (χ1v) is 8.85. The number of aliphatic hydroxyl groups is 1. The fourth-order valence-corrected chi connectivity index (χ4v) is 3.15. The van der Waals surface area contributed by atoms with Crippen molar-refractivity contribution in [1.29, 1.82) is 0 Å². The summed E-state index contributed by atoms with van der Waals surface area (Å²) in [5, 5.41) is 25.5. The second-order valence-corrected chi connectivity index (χ2v) is 6.57. The average Bonchev–Trinajstić information content (AvgIpc) is 3.01. The summed E-state index contributed by atoms with van der Waals surface area (Å²) in [7, 11) is 0. The molecular weight excluding hydrogens is 354 g/mol. The van der Waals surface area contributed by atoms with Gasteiger partial charge in [0.15, 0.2) is 5.71 Å². The van der Waals surface area contributed by atoms with Gasteiger partial charge in [0.2, 0.25) is 0 Å². The van der Waals surface area contributed by atoms with Crippen LogP contribution in [0.3, 0.4) is 0 Å². The molecule has 0 saturated carbocycles. The second kappa shape index (κ2) is 7.17. The van der Waals surface area contributed by atoms with Gasteiger partial charge in [-0.2, -0.15) is 5.10 Å². The first-order valence-electron chi connectivity index (χ1n) is 8.85. The molecule has 0 radical (unpaired) electrons. The molecule has 0 saturated heterocycles. The van der Waals surface area contributed by atoms with Crippen LogP contribution in [0.5, 0.6) is 5.75 Å². The quantitative estimate of drug-likeness (QED) is 0.480. The number of carbonyl (C=O) groups excluding carboxylic acids is 1. The summed E-state index contributed by atoms with van der Waals surface area (Å²) in [6, 6.07) is 18.2. The van der Waals surface area contributed by atoms with E-state index >= 15 is 0 Å². The maximum Gasteiger partial charge on any atom is 0.283 e. The van der Waals surface area contributed by atoms with Crippen molar-refractivity contribution < 1.29 is 15.0 Å². The third-order valence-electron chi connectivity index (χ3n) is 4.70. The number of amides is 1. The van der Waals surface area contributed by atoms with E-state index < -0.39 is 0 Å². The average molecular weight is 373 g/mol. The van der Waals surface area contributed by atoms with Crippen molar-refractivity contribution in [3.8, 4) is 5.75 Å². The zero-order valence-corrected chi connectivity index (χ0v) is 15.3. The van der Waals surface area contributed by atoms with E-state index in [9.17, 15) is 9.90 Å². The van der Waals surface area contributed by atoms with Gasteiger partial charge in [0, 0.05) is 17.3 Å². The van der Waals surface area contributed by atoms with Crippen molar-refractivity contribution in [3.05, 3.63) is 78.0 Å². The highest BCUT2D eigenvalue weighted by Crippen LogP contribution is 2.32. The molecule has 4 rings (SSSR count). The predicted molar refractivity (Wildman–Crippen MR) is 110 cm³/mol. The standard InChI is InChI=1S/C22H19N3O3/c1-14-12-25(17-9-6-15(13-26)7-10-17)22(28)20(14)24-23-19-11-8-16-4-2-3-5-18(16)21(19)27/h2-12,23,26-27H,13H2,1H3/b24-20-. The highest BCUT2D eigenvalue weighted by atomic mass is 16.3. The normalized spacial score (nSPS) is 15.4. The van der Waals surface area contributed by atoms with Gasteiger partial charge >= 0.3 is 0 Å². The molecule has 28 heavy (non-hydrogen) atoms. The summed E-state index contributed by atoms with van der Waals surface area (Å²) in [6.07, 6.45) is 1.72. The van der Waals surface area contributed by atoms with E-state index in [4.69, 9.17) is 5.11 Å². The number of anilines is 2. The molecule has 3 aromatic carbocycles. The molecule has 6 nitrogen and oxygen atoms in total. The van der Waals surface area contributed by atoms with Crippen molar-refractivity contribution in [2.24, 2.45) is 5.10 Å². The van der Waals surface area contributed by atoms with Crippen molar-refractivity contribution in [1.82, 2.24) is 0 Å². The summed E-state index contributed by atoms with van der Waals surface area (Å²) < 4.78 is 0. The number of benzene rings is 3. The number of rotatable bonds is 4. The Hall–Kier alpha value is -3.64. The number of phenolic OH excluding ortho intramolecular Hbond substituents is 1. The number of nitrogens with zero attached hydrogens (tertiary/aromatic N) is 2. The Morgan fingerprint density at radius 3 is 2.54 bits per heavy atom. The molecule has 0 spiro atoms. The number of hydrazone groups is 1. The summed E-state index contributed by atoms with van der Waals surface area (Å²) >= 11 is 0. The minimum absolute atomic E-state index is 0.0467. The van der Waals surface area contributed by atoms with Gasteiger partial charge < -0.3 is 10.2 Å². The Bertz CT molecular complexity index is 1120. The highest BCUT2D eigenvalue weighted by molar-refractivity contribution is 6.52. The fraction of sp³-hybridized carbons (Fsp3) is 0.0909. The molecule has 0 bridgehead atoms. The third kappa shape index (κ3) is 3.10. The molecule has 0 unspecified atom stereocenters. The van der Waals surface area contributed by atoms with Crippen LogP contribution in [0.2, 0.25) is 0 Å². The number of fused-ring (bicyclic) bond motifs is 1. The molecule has 1 aliphatic heterocycles. The second-order valence-electron chi connectivity index (χ2n) is 6.57. The summed E-state index contributed by atoms with van der Waals surface area (Å²) in [4.78, 5) is 14.3. The topological polar surface area (TPSA) is 85.2 Å². The van der Waals surface area contributed by atoms with Crippen LogP contribution >= 0.6 is 0 Å². The minimum atomic E-state index is -0.262. The molecule has 3 aromatic rings. The van der Waals surface area contributed by atoms with Crippen LogP contribution in [0.25, 0.3) is 10.8 Å². The van der Waals surface area contributed by atoms with Crippen molar-refractivity contribution in [2.75, 3.05) is 10.3 Å². The summed E-state index contributed by atoms with van der Waals surface area (Å²) in [5.41, 5.74) is 5.70. The zero-order valence-electron chi connectivity index (χ0n) is 15.3. The van der Waals surface area contributed by atoms with Gasteiger partial charge in [-0.3, -0.25) is 15.1 Å². The van der Waals surface area contributed by atoms with Gasteiger partial charge in [0.25, 0.3) is 5.91 Å². The molecule has 1 amide bonds. The fourth-order valence-electron chi connectivity index (χ4n) is 3.15. The smallest absolute Gasteiger partial charge is 0.283 e. The molecule has 0 aliphatic carbocycles. The van der Waals surface area contributed by atoms with Gasteiger partial charge in [-0.1, -0.05) is 42.5 Å². The molecule has 6 heteroatoms. The van der Waals surface area contributed by atoms with Crippen LogP contribution in [-0.4, -0.2) is 21.8 Å². The van der Waals surface area contributed by atoms with Gasteiger partial charge in [0.05, 0.1) is 12.3 Å². The van der Waals surface area contributed by atoms with Crippen molar-refractivity contribution >= 4 is 33.8 Å². The Morgan fingerprint density at radius 2 is 1.79 bits per heavy atom. The molecule has 0 aromatic heterocycles. The predicted octanol–water partition coefficient (Wildman–Crippen LogP) is 3.76. The lowest BCUT2D eigenvalue weighted by Gasteiger charge is -2.13. The van der Waals surface area contributed by atoms with Gasteiger partial charge in [-0.05, 0) is 41.6 Å². The van der Waals surface area contributed by atoms with E-state index in [0.717, 1.165) is 10.9 Å². The van der Waals surface area contributed by atoms with Crippen molar-refractivity contribution in [3.63, 3.8) is 0 Å². The number of phenols is 1. The van der Waals surface area contributed by atoms with Gasteiger partial charge in [0.1, 0.15) is 5.75 Å². The number of nitrogens with one attached hydrogen (secondary N) is 1. The van der Waals surface area contributed by atoms with E-state index in [1.807, 2.05) is 30.3 Å². The Balaban J connectivity index is 1.59. The molecule has 0 fully saturated rings. The molecule has 1 heterocycles. The Kier molecular flexibility index (Phi) is 4.55. The number of carbonyl (C=O) groups is 1. The molecule has 140 valence electrons. The maximum atomic E-state index is 12.8. The zero-order chi connectivity index (χ0) is 19.7. The van der Waals surface area contributed by atoms with Crippen LogP contribution in [0.15, 0.2) is 77.5 Å². The SMILES string of the molecule is CC1=CN(c2ccc(CO)cc2)C(=O)/C1=N\Nc1ccc2ccccc2c1O. The lowest BCUT2D eigenvalue weighted by molar-refractivity contribution is -0.111. The van der Waals surface area contributed by atoms with Crippen LogP contribution in [-0.2, 0) is 11.4 Å². The first-order chi connectivity index (χ1) is 13.6. The van der Waals surface area contributed by atoms with E-state index in [1.54, 1.807) is 43.5 Å². The van der Waals surface area contributed by atoms with E-state index in [-0.39, 0.29) is 24.0 Å². The molecular formula is C22H19N3O3. The van der Waals surface area contributed by atoms with Gasteiger partial charge in [-0.15, -0.1) is 0 Å². The Morgan fingerprint density at radius 1 is 1.04 bits per heavy atom. The van der Waals surface area contributed by atoms with Crippen LogP contribution in [0.4, 0.5) is 11.4 Å². The van der Waals surface area contributed by atoms with Crippen LogP contribution < -0.4 is 10.3 Å². The molecule has 3 N–H and O–H groups in total. The molecule has 0 atom stereocenters.